The number of nitrogens with one attached hydrogen (secondary N) is 2. The van der Waals surface area contributed by atoms with E-state index in [1.54, 1.807) is 12.1 Å². The lowest BCUT2D eigenvalue weighted by Gasteiger charge is -2.05. The van der Waals surface area contributed by atoms with Crippen LogP contribution >= 0.6 is 0 Å². The zero-order valence-electron chi connectivity index (χ0n) is 13.8. The zero-order valence-corrected chi connectivity index (χ0v) is 13.8. The summed E-state index contributed by atoms with van der Waals surface area (Å²) in [6.07, 6.45) is 6.70. The van der Waals surface area contributed by atoms with Gasteiger partial charge in [-0.05, 0) is 18.2 Å². The van der Waals surface area contributed by atoms with Crippen LogP contribution < -0.4 is 10.2 Å². The summed E-state index contributed by atoms with van der Waals surface area (Å²) in [6, 6.07) is 18.5. The van der Waals surface area contributed by atoms with Crippen molar-refractivity contribution in [2.24, 2.45) is 5.10 Å². The molecule has 0 aliphatic rings. The molecule has 0 aliphatic carbocycles. The normalized spacial score (nSPS) is 10.4. The van der Waals surface area contributed by atoms with E-state index in [0.717, 1.165) is 5.56 Å². The van der Waals surface area contributed by atoms with E-state index in [4.69, 9.17) is 11.2 Å². The maximum atomic E-state index is 12.2. The van der Waals surface area contributed by atoms with Gasteiger partial charge in [0.2, 0.25) is 0 Å². The lowest BCUT2D eigenvalue weighted by Crippen LogP contribution is -2.18. The van der Waals surface area contributed by atoms with E-state index >= 15 is 0 Å². The highest BCUT2D eigenvalue weighted by atomic mass is 16.5. The van der Waals surface area contributed by atoms with Crippen LogP contribution in [-0.4, -0.2) is 28.9 Å². The number of rotatable bonds is 6. The number of hydrogen-bond acceptors (Lipinski definition) is 4. The van der Waals surface area contributed by atoms with Gasteiger partial charge in [-0.1, -0.05) is 48.4 Å². The molecule has 0 bridgehead atoms. The van der Waals surface area contributed by atoms with Gasteiger partial charge < -0.3 is 4.74 Å². The minimum Gasteiger partial charge on any atom is -0.480 e. The Morgan fingerprint density at radius 3 is 2.81 bits per heavy atom. The van der Waals surface area contributed by atoms with Gasteiger partial charge in [0.05, 0.1) is 11.9 Å². The molecule has 1 aromatic heterocycles. The molecule has 2 aromatic carbocycles. The monoisotopic (exact) mass is 344 g/mol. The van der Waals surface area contributed by atoms with Crippen LogP contribution in [0.4, 0.5) is 0 Å². The fourth-order valence-electron chi connectivity index (χ4n) is 2.25. The average Bonchev–Trinajstić information content (AvgIpc) is 3.18. The summed E-state index contributed by atoms with van der Waals surface area (Å²) in [5, 5.41) is 10.8. The van der Waals surface area contributed by atoms with Gasteiger partial charge in [0.1, 0.15) is 18.1 Å². The van der Waals surface area contributed by atoms with Crippen LogP contribution in [0.1, 0.15) is 16.1 Å². The molecule has 6 nitrogen and oxygen atoms in total. The molecule has 0 unspecified atom stereocenters. The van der Waals surface area contributed by atoms with Crippen LogP contribution in [0.15, 0.2) is 65.8 Å². The number of nitrogens with zero attached hydrogens (tertiary/aromatic N) is 2. The van der Waals surface area contributed by atoms with Crippen molar-refractivity contribution in [2.45, 2.75) is 0 Å². The van der Waals surface area contributed by atoms with E-state index in [2.05, 4.69) is 26.6 Å². The quantitative estimate of drug-likeness (QED) is 0.410. The van der Waals surface area contributed by atoms with Crippen molar-refractivity contribution in [3.05, 3.63) is 71.9 Å². The highest BCUT2D eigenvalue weighted by molar-refractivity contribution is 5.94. The Labute approximate surface area is 150 Å². The molecule has 128 valence electrons. The van der Waals surface area contributed by atoms with E-state index in [1.165, 1.54) is 6.21 Å². The first-order valence-corrected chi connectivity index (χ1v) is 7.87. The SMILES string of the molecule is C#CCOc1ccccc1/C=N\NC(=O)c1cc(-c2ccccc2)n[nH]1. The smallest absolute Gasteiger partial charge is 0.289 e. The highest BCUT2D eigenvalue weighted by Gasteiger charge is 2.10. The first-order valence-electron chi connectivity index (χ1n) is 7.87. The van der Waals surface area contributed by atoms with E-state index in [0.29, 0.717) is 22.7 Å². The maximum absolute atomic E-state index is 12.2. The molecule has 0 radical (unpaired) electrons. The zero-order chi connectivity index (χ0) is 18.2. The number of carbonyl (C=O) groups excluding carboxylic acids is 1. The molecule has 3 aromatic rings. The lowest BCUT2D eigenvalue weighted by atomic mass is 10.1. The van der Waals surface area contributed by atoms with Crippen molar-refractivity contribution < 1.29 is 9.53 Å². The van der Waals surface area contributed by atoms with E-state index in [-0.39, 0.29) is 6.61 Å². The minimum atomic E-state index is -0.391. The van der Waals surface area contributed by atoms with Crippen LogP contribution in [0.25, 0.3) is 11.3 Å². The summed E-state index contributed by atoms with van der Waals surface area (Å²) >= 11 is 0. The Hall–Kier alpha value is -3.85. The first-order chi connectivity index (χ1) is 12.8. The Morgan fingerprint density at radius 2 is 2.00 bits per heavy atom. The van der Waals surface area contributed by atoms with Crippen LogP contribution in [0.2, 0.25) is 0 Å². The van der Waals surface area contributed by atoms with Crippen LogP contribution in [0, 0.1) is 12.3 Å². The number of aromatic amines is 1. The molecule has 1 amide bonds. The van der Waals surface area contributed by atoms with Crippen LogP contribution in [-0.2, 0) is 0 Å². The summed E-state index contributed by atoms with van der Waals surface area (Å²) in [5.41, 5.74) is 5.09. The van der Waals surface area contributed by atoms with Crippen molar-refractivity contribution in [1.29, 1.82) is 0 Å². The van der Waals surface area contributed by atoms with Gasteiger partial charge in [-0.25, -0.2) is 5.43 Å². The number of para-hydroxylation sites is 1. The predicted octanol–water partition coefficient (Wildman–Crippen LogP) is 2.85. The number of terminal acetylenes is 1. The molecule has 0 atom stereocenters. The van der Waals surface area contributed by atoms with Crippen molar-refractivity contribution in [3.63, 3.8) is 0 Å². The number of amides is 1. The van der Waals surface area contributed by atoms with E-state index in [9.17, 15) is 4.79 Å². The van der Waals surface area contributed by atoms with Crippen LogP contribution in [0.3, 0.4) is 0 Å². The van der Waals surface area contributed by atoms with Gasteiger partial charge in [-0.3, -0.25) is 9.89 Å². The molecular formula is C20H16N4O2. The third-order valence-electron chi connectivity index (χ3n) is 3.49. The second-order valence-corrected chi connectivity index (χ2v) is 5.26. The van der Waals surface area contributed by atoms with Gasteiger partial charge >= 0.3 is 0 Å². The molecule has 2 N–H and O–H groups in total. The Morgan fingerprint density at radius 1 is 1.23 bits per heavy atom. The van der Waals surface area contributed by atoms with Gasteiger partial charge in [0.25, 0.3) is 5.91 Å². The third kappa shape index (κ3) is 4.16. The lowest BCUT2D eigenvalue weighted by molar-refractivity contribution is 0.0950. The summed E-state index contributed by atoms with van der Waals surface area (Å²) in [6.45, 7) is 0.160. The summed E-state index contributed by atoms with van der Waals surface area (Å²) in [7, 11) is 0. The van der Waals surface area contributed by atoms with Gasteiger partial charge in [0.15, 0.2) is 0 Å². The van der Waals surface area contributed by atoms with Crippen molar-refractivity contribution in [2.75, 3.05) is 6.61 Å². The fourth-order valence-corrected chi connectivity index (χ4v) is 2.25. The number of H-pyrrole nitrogens is 1. The summed E-state index contributed by atoms with van der Waals surface area (Å²) < 4.78 is 5.42. The van der Waals surface area contributed by atoms with E-state index in [1.807, 2.05) is 48.5 Å². The molecule has 0 aliphatic heterocycles. The van der Waals surface area contributed by atoms with Gasteiger partial charge in [-0.2, -0.15) is 10.2 Å². The van der Waals surface area contributed by atoms with Gasteiger partial charge in [0, 0.05) is 11.1 Å². The molecule has 26 heavy (non-hydrogen) atoms. The second-order valence-electron chi connectivity index (χ2n) is 5.26. The van der Waals surface area contributed by atoms with Crippen LogP contribution in [0.5, 0.6) is 5.75 Å². The first kappa shape index (κ1) is 17.0. The Balaban J connectivity index is 1.66. The van der Waals surface area contributed by atoms with Crippen molar-refractivity contribution >= 4 is 12.1 Å². The number of carbonyl (C=O) groups is 1. The fraction of sp³-hybridized carbons (Fsp3) is 0.0500. The summed E-state index contributed by atoms with van der Waals surface area (Å²) in [5.74, 6) is 2.61. The average molecular weight is 344 g/mol. The molecule has 0 saturated heterocycles. The Bertz CT molecular complexity index is 955. The minimum absolute atomic E-state index is 0.160. The predicted molar refractivity (Wildman–Crippen MR) is 99.9 cm³/mol. The maximum Gasteiger partial charge on any atom is 0.289 e. The topological polar surface area (TPSA) is 79.4 Å². The number of benzene rings is 2. The number of ether oxygens (including phenoxy) is 1. The number of hydrogen-bond donors (Lipinski definition) is 2. The van der Waals surface area contributed by atoms with E-state index < -0.39 is 5.91 Å². The Kier molecular flexibility index (Phi) is 5.43. The molecule has 0 spiro atoms. The number of hydrazone groups is 1. The molecule has 3 rings (SSSR count). The number of aromatic nitrogens is 2. The second kappa shape index (κ2) is 8.31. The summed E-state index contributed by atoms with van der Waals surface area (Å²) in [4.78, 5) is 12.2. The highest BCUT2D eigenvalue weighted by Crippen LogP contribution is 2.17. The molecule has 1 heterocycles. The largest absolute Gasteiger partial charge is 0.480 e. The standard InChI is InChI=1S/C20H16N4O2/c1-2-12-26-19-11-7-6-10-16(19)14-21-24-20(25)18-13-17(22-23-18)15-8-4-3-5-9-15/h1,3-11,13-14H,12H2,(H,22,23)(H,24,25)/b21-14-. The third-order valence-corrected chi connectivity index (χ3v) is 3.49. The van der Waals surface area contributed by atoms with Gasteiger partial charge in [-0.15, -0.1) is 6.42 Å². The van der Waals surface area contributed by atoms with Crippen molar-refractivity contribution in [3.8, 4) is 29.4 Å². The molecule has 0 fully saturated rings. The molecule has 6 heteroatoms. The molecular weight excluding hydrogens is 328 g/mol. The molecule has 0 saturated carbocycles. The van der Waals surface area contributed by atoms with Crippen molar-refractivity contribution in [1.82, 2.24) is 15.6 Å².